The van der Waals surface area contributed by atoms with Gasteiger partial charge in [0.05, 0.1) is 0 Å². The summed E-state index contributed by atoms with van der Waals surface area (Å²) in [5, 5.41) is 13.0. The lowest BCUT2D eigenvalue weighted by atomic mass is 9.77. The number of nitrogens with one attached hydrogen (secondary N) is 1. The van der Waals surface area contributed by atoms with Gasteiger partial charge in [0, 0.05) is 6.04 Å². The summed E-state index contributed by atoms with van der Waals surface area (Å²) in [6, 6.07) is 0.180. The molecule has 0 spiro atoms. The molecule has 2 atom stereocenters. The Morgan fingerprint density at radius 3 is 2.82 bits per heavy atom. The van der Waals surface area contributed by atoms with Gasteiger partial charge in [-0.1, -0.05) is 13.3 Å². The number of rotatable bonds is 3. The highest BCUT2D eigenvalue weighted by atomic mass is 16.4. The number of aliphatic carboxylic acids is 1. The van der Waals surface area contributed by atoms with Gasteiger partial charge in [-0.25, -0.2) is 0 Å². The molecule has 2 fully saturated rings. The lowest BCUT2D eigenvalue weighted by Crippen LogP contribution is -2.67. The summed E-state index contributed by atoms with van der Waals surface area (Å²) in [5.74, 6) is -0.650. The molecular formula is C13H24N2O2. The van der Waals surface area contributed by atoms with Crippen LogP contribution >= 0.6 is 0 Å². The summed E-state index contributed by atoms with van der Waals surface area (Å²) in [6.45, 7) is 5.00. The fraction of sp³-hybridized carbons (Fsp3) is 0.923. The van der Waals surface area contributed by atoms with Crippen LogP contribution in [0, 0.1) is 0 Å². The number of likely N-dealkylation sites (N-methyl/N-ethyl adjacent to an activating group) is 1. The number of piperidine rings is 2. The van der Waals surface area contributed by atoms with Gasteiger partial charge in [-0.05, 0) is 51.7 Å². The van der Waals surface area contributed by atoms with E-state index in [0.29, 0.717) is 0 Å². The molecule has 0 bridgehead atoms. The Bertz CT molecular complexity index is 275. The highest BCUT2D eigenvalue weighted by molar-refractivity contribution is 5.80. The molecule has 0 aromatic heterocycles. The van der Waals surface area contributed by atoms with Crippen molar-refractivity contribution in [3.63, 3.8) is 0 Å². The summed E-state index contributed by atoms with van der Waals surface area (Å²) >= 11 is 0. The van der Waals surface area contributed by atoms with Crippen molar-refractivity contribution in [2.75, 3.05) is 19.6 Å². The molecule has 0 amide bonds. The van der Waals surface area contributed by atoms with Gasteiger partial charge in [0.2, 0.25) is 0 Å². The van der Waals surface area contributed by atoms with Gasteiger partial charge in [-0.2, -0.15) is 0 Å². The zero-order valence-electron chi connectivity index (χ0n) is 10.7. The van der Waals surface area contributed by atoms with Crippen LogP contribution in [0.25, 0.3) is 0 Å². The second kappa shape index (κ2) is 5.36. The Kier molecular flexibility index (Phi) is 4.05. The molecule has 17 heavy (non-hydrogen) atoms. The Morgan fingerprint density at radius 1 is 1.41 bits per heavy atom. The van der Waals surface area contributed by atoms with Crippen LogP contribution in [0.1, 0.15) is 45.4 Å². The van der Waals surface area contributed by atoms with Crippen molar-refractivity contribution < 1.29 is 9.90 Å². The first-order valence-corrected chi connectivity index (χ1v) is 6.93. The van der Waals surface area contributed by atoms with Gasteiger partial charge in [-0.15, -0.1) is 0 Å². The fourth-order valence-electron chi connectivity index (χ4n) is 3.47. The minimum absolute atomic E-state index is 0.180. The van der Waals surface area contributed by atoms with E-state index in [1.54, 1.807) is 0 Å². The summed E-state index contributed by atoms with van der Waals surface area (Å²) in [5.41, 5.74) is -0.686. The molecule has 2 aliphatic heterocycles. The third-order valence-electron chi connectivity index (χ3n) is 4.41. The zero-order chi connectivity index (χ0) is 12.3. The van der Waals surface area contributed by atoms with E-state index in [0.717, 1.165) is 51.7 Å². The van der Waals surface area contributed by atoms with Crippen LogP contribution in [0.3, 0.4) is 0 Å². The highest BCUT2D eigenvalue weighted by Gasteiger charge is 2.48. The monoisotopic (exact) mass is 240 g/mol. The van der Waals surface area contributed by atoms with Crippen molar-refractivity contribution in [1.82, 2.24) is 10.2 Å². The number of carboxylic acids is 1. The number of carbonyl (C=O) groups is 1. The molecule has 2 aliphatic rings. The quantitative estimate of drug-likeness (QED) is 0.784. The van der Waals surface area contributed by atoms with E-state index < -0.39 is 11.5 Å². The van der Waals surface area contributed by atoms with E-state index in [2.05, 4.69) is 17.1 Å². The van der Waals surface area contributed by atoms with E-state index in [4.69, 9.17) is 0 Å². The van der Waals surface area contributed by atoms with Crippen LogP contribution in [0.2, 0.25) is 0 Å². The molecule has 0 radical (unpaired) electrons. The predicted octanol–water partition coefficient (Wildman–Crippen LogP) is 1.46. The van der Waals surface area contributed by atoms with Crippen molar-refractivity contribution in [2.24, 2.45) is 0 Å². The number of nitrogens with zero attached hydrogens (tertiary/aromatic N) is 1. The topological polar surface area (TPSA) is 52.6 Å². The number of hydrogen-bond donors (Lipinski definition) is 2. The predicted molar refractivity (Wildman–Crippen MR) is 67.1 cm³/mol. The lowest BCUT2D eigenvalue weighted by Gasteiger charge is -2.48. The largest absolute Gasteiger partial charge is 0.480 e. The third kappa shape index (κ3) is 2.33. The molecule has 0 aliphatic carbocycles. The van der Waals surface area contributed by atoms with Crippen LogP contribution in [0.15, 0.2) is 0 Å². The third-order valence-corrected chi connectivity index (χ3v) is 4.41. The maximum absolute atomic E-state index is 11.7. The Hall–Kier alpha value is -0.610. The Morgan fingerprint density at radius 2 is 2.24 bits per heavy atom. The molecule has 4 heteroatoms. The first kappa shape index (κ1) is 12.8. The van der Waals surface area contributed by atoms with E-state index in [-0.39, 0.29) is 6.04 Å². The molecule has 4 nitrogen and oxygen atoms in total. The van der Waals surface area contributed by atoms with Crippen molar-refractivity contribution >= 4 is 5.97 Å². The first-order chi connectivity index (χ1) is 8.20. The van der Waals surface area contributed by atoms with E-state index in [1.165, 1.54) is 6.42 Å². The standard InChI is InChI=1S/C13H24N2O2/c1-2-15-10-6-3-7-11(15)13(12(16)17)8-4-5-9-14-13/h11,14H,2-10H2,1H3,(H,16,17). The minimum atomic E-state index is -0.686. The van der Waals surface area contributed by atoms with Crippen molar-refractivity contribution in [3.8, 4) is 0 Å². The second-order valence-electron chi connectivity index (χ2n) is 5.30. The van der Waals surface area contributed by atoms with Gasteiger partial charge in [-0.3, -0.25) is 9.69 Å². The molecule has 98 valence electrons. The van der Waals surface area contributed by atoms with Crippen LogP contribution < -0.4 is 5.32 Å². The minimum Gasteiger partial charge on any atom is -0.480 e. The second-order valence-corrected chi connectivity index (χ2v) is 5.30. The van der Waals surface area contributed by atoms with Crippen LogP contribution in [0.5, 0.6) is 0 Å². The van der Waals surface area contributed by atoms with E-state index in [9.17, 15) is 9.90 Å². The Balaban J connectivity index is 2.21. The van der Waals surface area contributed by atoms with Crippen molar-refractivity contribution in [3.05, 3.63) is 0 Å². The van der Waals surface area contributed by atoms with Crippen LogP contribution in [-0.2, 0) is 4.79 Å². The maximum atomic E-state index is 11.7. The molecule has 0 saturated carbocycles. The SMILES string of the molecule is CCN1CCCCC1C1(C(=O)O)CCCCN1. The summed E-state index contributed by atoms with van der Waals surface area (Å²) in [7, 11) is 0. The van der Waals surface area contributed by atoms with Gasteiger partial charge in [0.1, 0.15) is 5.54 Å². The average molecular weight is 240 g/mol. The molecule has 2 rings (SSSR count). The summed E-state index contributed by atoms with van der Waals surface area (Å²) in [4.78, 5) is 14.1. The van der Waals surface area contributed by atoms with Crippen LogP contribution in [-0.4, -0.2) is 47.2 Å². The highest BCUT2D eigenvalue weighted by Crippen LogP contribution is 2.32. The smallest absolute Gasteiger partial charge is 0.325 e. The normalized spacial score (nSPS) is 35.7. The molecule has 2 N–H and O–H groups in total. The maximum Gasteiger partial charge on any atom is 0.325 e. The van der Waals surface area contributed by atoms with Crippen molar-refractivity contribution in [2.45, 2.75) is 57.0 Å². The van der Waals surface area contributed by atoms with E-state index >= 15 is 0 Å². The fourth-order valence-corrected chi connectivity index (χ4v) is 3.47. The van der Waals surface area contributed by atoms with E-state index in [1.807, 2.05) is 0 Å². The Labute approximate surface area is 103 Å². The number of hydrogen-bond acceptors (Lipinski definition) is 3. The van der Waals surface area contributed by atoms with Gasteiger partial charge in [0.25, 0.3) is 0 Å². The van der Waals surface area contributed by atoms with Crippen LogP contribution in [0.4, 0.5) is 0 Å². The molecule has 2 heterocycles. The molecule has 0 aromatic rings. The summed E-state index contributed by atoms with van der Waals surface area (Å²) < 4.78 is 0. The molecule has 2 saturated heterocycles. The number of likely N-dealkylation sites (tertiary alicyclic amines) is 1. The molecular weight excluding hydrogens is 216 g/mol. The van der Waals surface area contributed by atoms with Gasteiger partial charge in [0.15, 0.2) is 0 Å². The number of carboxylic acid groups (broad SMARTS) is 1. The summed E-state index contributed by atoms with van der Waals surface area (Å²) in [6.07, 6.45) is 6.32. The first-order valence-electron chi connectivity index (χ1n) is 6.93. The molecule has 2 unspecified atom stereocenters. The lowest BCUT2D eigenvalue weighted by molar-refractivity contribution is -0.150. The van der Waals surface area contributed by atoms with Crippen molar-refractivity contribution in [1.29, 1.82) is 0 Å². The van der Waals surface area contributed by atoms with Gasteiger partial charge >= 0.3 is 5.97 Å². The average Bonchev–Trinajstić information content (AvgIpc) is 2.39. The zero-order valence-corrected chi connectivity index (χ0v) is 10.7. The van der Waals surface area contributed by atoms with Gasteiger partial charge < -0.3 is 10.4 Å². The molecule has 0 aromatic carbocycles.